The Morgan fingerprint density at radius 2 is 1.80 bits per heavy atom. The van der Waals surface area contributed by atoms with Gasteiger partial charge >= 0.3 is 0 Å². The second-order valence-corrected chi connectivity index (χ2v) is 4.63. The molecule has 1 N–H and O–H groups in total. The summed E-state index contributed by atoms with van der Waals surface area (Å²) in [5.41, 5.74) is 5.77. The van der Waals surface area contributed by atoms with Crippen LogP contribution >= 0.6 is 0 Å². The van der Waals surface area contributed by atoms with Crippen molar-refractivity contribution in [1.29, 1.82) is 0 Å². The molecule has 100 valence electrons. The van der Waals surface area contributed by atoms with E-state index in [9.17, 15) is 10.1 Å². The molecule has 0 unspecified atom stereocenters. The zero-order chi connectivity index (χ0) is 13.9. The summed E-state index contributed by atoms with van der Waals surface area (Å²) in [6.07, 6.45) is 0.648. The van der Waals surface area contributed by atoms with E-state index in [0.717, 1.165) is 11.3 Å². The van der Waals surface area contributed by atoms with Gasteiger partial charge in [-0.05, 0) is 5.56 Å². The van der Waals surface area contributed by atoms with Gasteiger partial charge in [0.1, 0.15) is 0 Å². The molecular weight excluding hydrogens is 254 g/mol. The summed E-state index contributed by atoms with van der Waals surface area (Å²) in [6.45, 7) is 0. The van der Waals surface area contributed by atoms with Crippen molar-refractivity contribution in [2.75, 3.05) is 0 Å². The number of nitrogens with zero attached hydrogens (tertiary/aromatic N) is 2. The molecule has 5 nitrogen and oxygen atoms in total. The van der Waals surface area contributed by atoms with E-state index in [2.05, 4.69) is 10.5 Å². The molecule has 0 aliphatic carbocycles. The van der Waals surface area contributed by atoms with Gasteiger partial charge in [0.25, 0.3) is 5.69 Å². The van der Waals surface area contributed by atoms with Crippen molar-refractivity contribution in [2.24, 2.45) is 5.10 Å². The second-order valence-electron chi connectivity index (χ2n) is 4.63. The summed E-state index contributed by atoms with van der Waals surface area (Å²) in [7, 11) is 0. The molecule has 0 amide bonds. The molecule has 0 saturated carbocycles. The molecule has 0 fully saturated rings. The lowest BCUT2D eigenvalue weighted by Gasteiger charge is -2.10. The van der Waals surface area contributed by atoms with Crippen LogP contribution in [0.15, 0.2) is 59.7 Å². The standard InChI is InChI=1S/C15H13N3O2/c19-18(20)15-9-5-4-8-12(15)14-10-13(16-17-14)11-6-2-1-3-7-11/h1-9,14,17H,10H2/t14-/m1/s1. The Morgan fingerprint density at radius 3 is 2.55 bits per heavy atom. The molecule has 1 heterocycles. The number of nitro benzene ring substituents is 1. The first kappa shape index (κ1) is 12.3. The molecule has 5 heteroatoms. The Kier molecular flexibility index (Phi) is 3.16. The van der Waals surface area contributed by atoms with Gasteiger partial charge in [-0.15, -0.1) is 0 Å². The van der Waals surface area contributed by atoms with Crippen LogP contribution in [-0.2, 0) is 0 Å². The van der Waals surface area contributed by atoms with Crippen molar-refractivity contribution in [2.45, 2.75) is 12.5 Å². The van der Waals surface area contributed by atoms with E-state index in [1.165, 1.54) is 6.07 Å². The minimum Gasteiger partial charge on any atom is -0.302 e. The maximum Gasteiger partial charge on any atom is 0.274 e. The molecule has 0 spiro atoms. The van der Waals surface area contributed by atoms with Gasteiger partial charge in [0.05, 0.1) is 22.2 Å². The highest BCUT2D eigenvalue weighted by molar-refractivity contribution is 6.01. The first-order valence-electron chi connectivity index (χ1n) is 6.36. The van der Waals surface area contributed by atoms with Gasteiger partial charge in [-0.2, -0.15) is 5.10 Å². The number of rotatable bonds is 3. The first-order valence-corrected chi connectivity index (χ1v) is 6.36. The highest BCUT2D eigenvalue weighted by Gasteiger charge is 2.26. The van der Waals surface area contributed by atoms with Crippen LogP contribution < -0.4 is 5.43 Å². The van der Waals surface area contributed by atoms with Crippen molar-refractivity contribution in [3.8, 4) is 0 Å². The summed E-state index contributed by atoms with van der Waals surface area (Å²) >= 11 is 0. The van der Waals surface area contributed by atoms with Crippen LogP contribution in [0.4, 0.5) is 5.69 Å². The molecule has 3 rings (SSSR count). The highest BCUT2D eigenvalue weighted by Crippen LogP contribution is 2.30. The van der Waals surface area contributed by atoms with Crippen LogP contribution in [0.25, 0.3) is 0 Å². The zero-order valence-electron chi connectivity index (χ0n) is 10.7. The molecule has 2 aromatic carbocycles. The average Bonchev–Trinajstić information content (AvgIpc) is 2.98. The van der Waals surface area contributed by atoms with Gasteiger partial charge in [-0.25, -0.2) is 0 Å². The topological polar surface area (TPSA) is 67.5 Å². The van der Waals surface area contributed by atoms with E-state index in [1.807, 2.05) is 36.4 Å². The fraction of sp³-hybridized carbons (Fsp3) is 0.133. The summed E-state index contributed by atoms with van der Waals surface area (Å²) < 4.78 is 0. The first-order chi connectivity index (χ1) is 9.75. The van der Waals surface area contributed by atoms with Crippen LogP contribution in [0.2, 0.25) is 0 Å². The van der Waals surface area contributed by atoms with Crippen LogP contribution in [0.1, 0.15) is 23.6 Å². The normalized spacial score (nSPS) is 17.4. The van der Waals surface area contributed by atoms with Crippen molar-refractivity contribution in [1.82, 2.24) is 5.43 Å². The Balaban J connectivity index is 1.85. The Morgan fingerprint density at radius 1 is 1.10 bits per heavy atom. The fourth-order valence-corrected chi connectivity index (χ4v) is 2.38. The van der Waals surface area contributed by atoms with Crippen LogP contribution in [0, 0.1) is 10.1 Å². The third-order valence-electron chi connectivity index (χ3n) is 3.37. The van der Waals surface area contributed by atoms with Gasteiger partial charge in [0.15, 0.2) is 0 Å². The van der Waals surface area contributed by atoms with E-state index in [1.54, 1.807) is 12.1 Å². The Bertz CT molecular complexity index is 668. The maximum absolute atomic E-state index is 11.1. The quantitative estimate of drug-likeness (QED) is 0.686. The number of hydrogen-bond donors (Lipinski definition) is 1. The SMILES string of the molecule is O=[N+]([O-])c1ccccc1[C@H]1CC(c2ccccc2)=NN1. The lowest BCUT2D eigenvalue weighted by molar-refractivity contribution is -0.385. The fourth-order valence-electron chi connectivity index (χ4n) is 2.38. The van der Waals surface area contributed by atoms with Crippen LogP contribution in [-0.4, -0.2) is 10.6 Å². The summed E-state index contributed by atoms with van der Waals surface area (Å²) in [6, 6.07) is 16.5. The number of benzene rings is 2. The maximum atomic E-state index is 11.1. The molecule has 2 aromatic rings. The second kappa shape index (κ2) is 5.13. The molecule has 0 bridgehead atoms. The zero-order valence-corrected chi connectivity index (χ0v) is 10.7. The van der Waals surface area contributed by atoms with Gasteiger partial charge in [-0.3, -0.25) is 10.1 Å². The van der Waals surface area contributed by atoms with E-state index in [4.69, 9.17) is 0 Å². The molecule has 1 aliphatic heterocycles. The Labute approximate surface area is 116 Å². The van der Waals surface area contributed by atoms with Gasteiger partial charge in [-0.1, -0.05) is 48.5 Å². The van der Waals surface area contributed by atoms with Crippen molar-refractivity contribution in [3.63, 3.8) is 0 Å². The molecule has 1 atom stereocenters. The molecule has 0 aromatic heterocycles. The van der Waals surface area contributed by atoms with E-state index in [0.29, 0.717) is 12.0 Å². The molecular formula is C15H13N3O2. The average molecular weight is 267 g/mol. The number of nitro groups is 1. The van der Waals surface area contributed by atoms with Crippen molar-refractivity contribution >= 4 is 11.4 Å². The third kappa shape index (κ3) is 2.25. The van der Waals surface area contributed by atoms with E-state index < -0.39 is 0 Å². The lowest BCUT2D eigenvalue weighted by atomic mass is 9.98. The molecule has 20 heavy (non-hydrogen) atoms. The van der Waals surface area contributed by atoms with Gasteiger partial charge < -0.3 is 5.43 Å². The summed E-state index contributed by atoms with van der Waals surface area (Å²) in [5, 5.41) is 15.4. The largest absolute Gasteiger partial charge is 0.302 e. The van der Waals surface area contributed by atoms with Crippen LogP contribution in [0.5, 0.6) is 0 Å². The Hall–Kier alpha value is -2.69. The predicted octanol–water partition coefficient (Wildman–Crippen LogP) is 3.03. The number of nitrogens with one attached hydrogen (secondary N) is 1. The number of hydrazone groups is 1. The summed E-state index contributed by atoms with van der Waals surface area (Å²) in [4.78, 5) is 10.7. The highest BCUT2D eigenvalue weighted by atomic mass is 16.6. The number of para-hydroxylation sites is 1. The minimum atomic E-state index is -0.350. The van der Waals surface area contributed by atoms with Crippen molar-refractivity contribution < 1.29 is 4.92 Å². The van der Waals surface area contributed by atoms with E-state index >= 15 is 0 Å². The predicted molar refractivity (Wildman–Crippen MR) is 76.6 cm³/mol. The molecule has 1 aliphatic rings. The minimum absolute atomic E-state index is 0.134. The van der Waals surface area contributed by atoms with Gasteiger partial charge in [0.2, 0.25) is 0 Å². The van der Waals surface area contributed by atoms with E-state index in [-0.39, 0.29) is 16.7 Å². The lowest BCUT2D eigenvalue weighted by Crippen LogP contribution is -2.12. The van der Waals surface area contributed by atoms with Crippen LogP contribution in [0.3, 0.4) is 0 Å². The molecule has 0 radical (unpaired) electrons. The number of hydrogen-bond acceptors (Lipinski definition) is 4. The molecule has 0 saturated heterocycles. The third-order valence-corrected chi connectivity index (χ3v) is 3.37. The van der Waals surface area contributed by atoms with Gasteiger partial charge in [0, 0.05) is 12.5 Å². The van der Waals surface area contributed by atoms with Crippen molar-refractivity contribution in [3.05, 3.63) is 75.8 Å². The summed E-state index contributed by atoms with van der Waals surface area (Å²) in [5.74, 6) is 0. The monoisotopic (exact) mass is 267 g/mol. The smallest absolute Gasteiger partial charge is 0.274 e.